The molecule has 9 atom stereocenters. The number of ether oxygens (including phenoxy) is 2. The van der Waals surface area contributed by atoms with Crippen molar-refractivity contribution in [3.63, 3.8) is 0 Å². The highest BCUT2D eigenvalue weighted by Crippen LogP contribution is 2.48. The summed E-state index contributed by atoms with van der Waals surface area (Å²) in [6.07, 6.45) is 1.79. The molecule has 0 bridgehead atoms. The Morgan fingerprint density at radius 1 is 1.19 bits per heavy atom. The number of aliphatic hydroxyl groups is 3. The average Bonchev–Trinajstić information content (AvgIpc) is 2.71. The quantitative estimate of drug-likeness (QED) is 0.419. The summed E-state index contributed by atoms with van der Waals surface area (Å²) in [5, 5.41) is 31.6. The van der Waals surface area contributed by atoms with Gasteiger partial charge in [-0.3, -0.25) is 9.59 Å². The second kappa shape index (κ2) is 9.82. The van der Waals surface area contributed by atoms with Gasteiger partial charge in [0, 0.05) is 12.3 Å². The zero-order valence-corrected chi connectivity index (χ0v) is 20.0. The molecule has 0 spiro atoms. The molecule has 3 N–H and O–H groups in total. The summed E-state index contributed by atoms with van der Waals surface area (Å²) in [7, 11) is 0. The molecule has 32 heavy (non-hydrogen) atoms. The van der Waals surface area contributed by atoms with Crippen molar-refractivity contribution >= 4 is 11.9 Å². The van der Waals surface area contributed by atoms with E-state index < -0.39 is 23.7 Å². The Hall–Kier alpha value is -1.44. The maximum Gasteiger partial charge on any atom is 0.311 e. The van der Waals surface area contributed by atoms with Crippen LogP contribution >= 0.6 is 0 Å². The van der Waals surface area contributed by atoms with Crippen molar-refractivity contribution in [2.75, 3.05) is 0 Å². The number of hydrogen-bond donors (Lipinski definition) is 3. The lowest BCUT2D eigenvalue weighted by molar-refractivity contribution is -0.169. The van der Waals surface area contributed by atoms with Crippen LogP contribution in [0.3, 0.4) is 0 Å². The lowest BCUT2D eigenvalue weighted by Crippen LogP contribution is -2.51. The Morgan fingerprint density at radius 3 is 2.50 bits per heavy atom. The van der Waals surface area contributed by atoms with Crippen LogP contribution in [-0.2, 0) is 19.1 Å². The maximum atomic E-state index is 12.9. The fourth-order valence-corrected chi connectivity index (χ4v) is 5.47. The number of aliphatic hydroxyl groups excluding tert-OH is 3. The number of carbonyl (C=O) groups excluding carboxylic acids is 2. The SMILES string of the molecule is CCC(C)(C)C(=O)O[C@H]1C[C@@H](C)C(O)C2=CC(O)[C@H](C)[C@H](CC[C@@H]3C[C@@H](O)CC(=O)O3)[C@H]21. The number of esters is 2. The van der Waals surface area contributed by atoms with Crippen LogP contribution in [0.25, 0.3) is 0 Å². The Kier molecular flexibility index (Phi) is 7.73. The van der Waals surface area contributed by atoms with Gasteiger partial charge < -0.3 is 24.8 Å². The Bertz CT molecular complexity index is 730. The van der Waals surface area contributed by atoms with Gasteiger partial charge in [0.25, 0.3) is 0 Å². The van der Waals surface area contributed by atoms with Crippen LogP contribution in [0.4, 0.5) is 0 Å². The zero-order chi connectivity index (χ0) is 23.8. The highest BCUT2D eigenvalue weighted by molar-refractivity contribution is 5.76. The van der Waals surface area contributed by atoms with E-state index in [4.69, 9.17) is 9.47 Å². The first-order chi connectivity index (χ1) is 14.9. The fourth-order valence-electron chi connectivity index (χ4n) is 5.47. The highest BCUT2D eigenvalue weighted by atomic mass is 16.6. The molecule has 0 aromatic heterocycles. The summed E-state index contributed by atoms with van der Waals surface area (Å²) in [5.41, 5.74) is 0.164. The van der Waals surface area contributed by atoms with E-state index in [0.717, 1.165) is 5.57 Å². The van der Waals surface area contributed by atoms with Crippen LogP contribution in [0.5, 0.6) is 0 Å². The van der Waals surface area contributed by atoms with E-state index in [1.54, 1.807) is 6.08 Å². The maximum absolute atomic E-state index is 12.9. The molecule has 0 amide bonds. The van der Waals surface area contributed by atoms with E-state index in [-0.39, 0.29) is 54.2 Å². The van der Waals surface area contributed by atoms with Crippen LogP contribution in [0.15, 0.2) is 11.6 Å². The Labute approximate surface area is 191 Å². The molecule has 3 rings (SSSR count). The second-order valence-corrected chi connectivity index (χ2v) is 10.8. The molecule has 0 radical (unpaired) electrons. The first-order valence-corrected chi connectivity index (χ1v) is 12.1. The molecule has 2 fully saturated rings. The minimum absolute atomic E-state index is 0.0277. The summed E-state index contributed by atoms with van der Waals surface area (Å²) >= 11 is 0. The minimum Gasteiger partial charge on any atom is -0.462 e. The molecule has 1 heterocycles. The number of fused-ring (bicyclic) bond motifs is 1. The lowest BCUT2D eigenvalue weighted by Gasteiger charge is -2.49. The first kappa shape index (κ1) is 25.2. The lowest BCUT2D eigenvalue weighted by atomic mass is 9.61. The highest BCUT2D eigenvalue weighted by Gasteiger charge is 2.49. The summed E-state index contributed by atoms with van der Waals surface area (Å²) in [5.74, 6) is -1.06. The van der Waals surface area contributed by atoms with Gasteiger partial charge >= 0.3 is 11.9 Å². The van der Waals surface area contributed by atoms with Crippen molar-refractivity contribution in [2.24, 2.45) is 29.1 Å². The molecule has 1 saturated heterocycles. The molecule has 2 unspecified atom stereocenters. The van der Waals surface area contributed by atoms with E-state index in [0.29, 0.717) is 32.1 Å². The van der Waals surface area contributed by atoms with Crippen LogP contribution in [0.2, 0.25) is 0 Å². The van der Waals surface area contributed by atoms with E-state index in [1.807, 2.05) is 34.6 Å². The molecule has 7 nitrogen and oxygen atoms in total. The monoisotopic (exact) mass is 452 g/mol. The summed E-state index contributed by atoms with van der Waals surface area (Å²) in [6, 6.07) is 0. The molecule has 0 aromatic rings. The molecule has 182 valence electrons. The normalized spacial score (nSPS) is 40.2. The van der Waals surface area contributed by atoms with Gasteiger partial charge in [-0.15, -0.1) is 0 Å². The van der Waals surface area contributed by atoms with Crippen LogP contribution in [-0.4, -0.2) is 57.8 Å². The standard InChI is InChI=1S/C25H40O7/c1-6-25(4,5)24(30)32-20-9-13(2)23(29)18-12-19(27)14(3)17(22(18)20)8-7-16-10-15(26)11-21(28)31-16/h12-17,19-20,22-23,26-27,29H,6-11H2,1-5H3/t13-,14-,15-,16-,17+,19?,20+,22-,23?/m1/s1. The number of hydrogen-bond acceptors (Lipinski definition) is 7. The Balaban J connectivity index is 1.83. The molecular weight excluding hydrogens is 412 g/mol. The van der Waals surface area contributed by atoms with Gasteiger partial charge in [-0.2, -0.15) is 0 Å². The predicted molar refractivity (Wildman–Crippen MR) is 118 cm³/mol. The van der Waals surface area contributed by atoms with Gasteiger partial charge in [-0.1, -0.05) is 26.8 Å². The third-order valence-electron chi connectivity index (χ3n) is 8.06. The average molecular weight is 453 g/mol. The van der Waals surface area contributed by atoms with Gasteiger partial charge in [-0.25, -0.2) is 0 Å². The van der Waals surface area contributed by atoms with Crippen molar-refractivity contribution in [3.8, 4) is 0 Å². The molecule has 1 saturated carbocycles. The van der Waals surface area contributed by atoms with Gasteiger partial charge in [0.2, 0.25) is 0 Å². The third kappa shape index (κ3) is 5.20. The fraction of sp³-hybridized carbons (Fsp3) is 0.840. The van der Waals surface area contributed by atoms with Crippen molar-refractivity contribution < 1.29 is 34.4 Å². The van der Waals surface area contributed by atoms with E-state index in [9.17, 15) is 24.9 Å². The van der Waals surface area contributed by atoms with Crippen LogP contribution in [0.1, 0.15) is 73.1 Å². The number of cyclic esters (lactones) is 1. The van der Waals surface area contributed by atoms with E-state index in [1.165, 1.54) is 0 Å². The van der Waals surface area contributed by atoms with E-state index in [2.05, 4.69) is 0 Å². The molecule has 2 aliphatic carbocycles. The summed E-state index contributed by atoms with van der Waals surface area (Å²) in [4.78, 5) is 24.7. The molecular formula is C25H40O7. The number of carbonyl (C=O) groups is 2. The second-order valence-electron chi connectivity index (χ2n) is 10.8. The van der Waals surface area contributed by atoms with Crippen LogP contribution in [0, 0.1) is 29.1 Å². The Morgan fingerprint density at radius 2 is 1.88 bits per heavy atom. The third-order valence-corrected chi connectivity index (χ3v) is 8.06. The molecule has 0 aromatic carbocycles. The van der Waals surface area contributed by atoms with Gasteiger partial charge in [0.1, 0.15) is 12.2 Å². The van der Waals surface area contributed by atoms with Crippen molar-refractivity contribution in [1.82, 2.24) is 0 Å². The first-order valence-electron chi connectivity index (χ1n) is 12.1. The van der Waals surface area contributed by atoms with Crippen molar-refractivity contribution in [1.29, 1.82) is 0 Å². The topological polar surface area (TPSA) is 113 Å². The zero-order valence-electron chi connectivity index (χ0n) is 20.0. The van der Waals surface area contributed by atoms with Gasteiger partial charge in [0.05, 0.1) is 30.1 Å². The number of rotatable bonds is 6. The van der Waals surface area contributed by atoms with Crippen LogP contribution < -0.4 is 0 Å². The van der Waals surface area contributed by atoms with Crippen molar-refractivity contribution in [3.05, 3.63) is 11.6 Å². The molecule has 1 aliphatic heterocycles. The molecule has 7 heteroatoms. The molecule has 3 aliphatic rings. The van der Waals surface area contributed by atoms with Gasteiger partial charge in [-0.05, 0) is 62.9 Å². The summed E-state index contributed by atoms with van der Waals surface area (Å²) < 4.78 is 11.5. The minimum atomic E-state index is -0.700. The largest absolute Gasteiger partial charge is 0.462 e. The van der Waals surface area contributed by atoms with E-state index >= 15 is 0 Å². The predicted octanol–water partition coefficient (Wildman–Crippen LogP) is 2.75. The summed E-state index contributed by atoms with van der Waals surface area (Å²) in [6.45, 7) is 9.63. The van der Waals surface area contributed by atoms with Gasteiger partial charge in [0.15, 0.2) is 0 Å². The smallest absolute Gasteiger partial charge is 0.311 e. The van der Waals surface area contributed by atoms with Crippen molar-refractivity contribution in [2.45, 2.75) is 104 Å².